The second kappa shape index (κ2) is 8.78. The van der Waals surface area contributed by atoms with E-state index in [-0.39, 0.29) is 12.5 Å². The van der Waals surface area contributed by atoms with Crippen LogP contribution in [0.4, 0.5) is 0 Å². The first-order chi connectivity index (χ1) is 11.6. The molecule has 1 heterocycles. The number of rotatable bonds is 8. The number of hydrogen-bond donors (Lipinski definition) is 2. The molecule has 2 N–H and O–H groups in total. The number of aliphatic hydroxyl groups is 1. The number of amides is 1. The summed E-state index contributed by atoms with van der Waals surface area (Å²) in [4.78, 5) is 17.0. The number of pyridine rings is 1. The van der Waals surface area contributed by atoms with Crippen molar-refractivity contribution in [3.8, 4) is 0 Å². The van der Waals surface area contributed by atoms with Gasteiger partial charge < -0.3 is 10.4 Å². The van der Waals surface area contributed by atoms with Crippen LogP contribution < -0.4 is 5.32 Å². The molecular weight excluding hydrogens is 300 g/mol. The number of para-hydroxylation sites is 1. The van der Waals surface area contributed by atoms with Gasteiger partial charge in [0, 0.05) is 24.2 Å². The molecule has 24 heavy (non-hydrogen) atoms. The van der Waals surface area contributed by atoms with E-state index in [1.807, 2.05) is 25.1 Å². The summed E-state index contributed by atoms with van der Waals surface area (Å²) in [6, 6.07) is 8.04. The lowest BCUT2D eigenvalue weighted by atomic mass is 9.98. The van der Waals surface area contributed by atoms with Gasteiger partial charge in [-0.15, -0.1) is 0 Å². The number of hydrogen-bond acceptors (Lipinski definition) is 3. The molecule has 1 amide bonds. The molecule has 2 rings (SSSR count). The average molecular weight is 328 g/mol. The van der Waals surface area contributed by atoms with Crippen molar-refractivity contribution in [2.45, 2.75) is 46.5 Å². The molecule has 4 nitrogen and oxygen atoms in total. The van der Waals surface area contributed by atoms with E-state index in [4.69, 9.17) is 5.11 Å². The number of aromatic nitrogens is 1. The van der Waals surface area contributed by atoms with Crippen LogP contribution in [0.3, 0.4) is 0 Å². The Hall–Kier alpha value is -1.94. The third-order valence-corrected chi connectivity index (χ3v) is 4.65. The summed E-state index contributed by atoms with van der Waals surface area (Å²) in [5, 5.41) is 13.2. The Morgan fingerprint density at radius 1 is 1.25 bits per heavy atom. The zero-order valence-electron chi connectivity index (χ0n) is 14.9. The van der Waals surface area contributed by atoms with Crippen molar-refractivity contribution < 1.29 is 9.90 Å². The molecule has 0 saturated heterocycles. The Morgan fingerprint density at radius 2 is 2.00 bits per heavy atom. The SMILES string of the molecule is CCCC(CCO)CNC(=O)Cc1c(C)nc2ccccc2c1C. The molecule has 1 aromatic carbocycles. The lowest BCUT2D eigenvalue weighted by molar-refractivity contribution is -0.120. The van der Waals surface area contributed by atoms with Crippen LogP contribution in [-0.4, -0.2) is 29.1 Å². The first-order valence-corrected chi connectivity index (χ1v) is 8.79. The molecular formula is C20H28N2O2. The second-order valence-corrected chi connectivity index (χ2v) is 6.47. The van der Waals surface area contributed by atoms with Gasteiger partial charge in [-0.25, -0.2) is 0 Å². The van der Waals surface area contributed by atoms with Gasteiger partial charge in [0.25, 0.3) is 0 Å². The molecule has 1 unspecified atom stereocenters. The predicted octanol–water partition coefficient (Wildman–Crippen LogP) is 3.31. The molecule has 0 spiro atoms. The monoisotopic (exact) mass is 328 g/mol. The van der Waals surface area contributed by atoms with Gasteiger partial charge >= 0.3 is 0 Å². The van der Waals surface area contributed by atoms with Crippen LogP contribution in [0.2, 0.25) is 0 Å². The number of nitrogens with one attached hydrogen (secondary N) is 1. The van der Waals surface area contributed by atoms with E-state index in [1.165, 1.54) is 0 Å². The summed E-state index contributed by atoms with van der Waals surface area (Å²) in [7, 11) is 0. The van der Waals surface area contributed by atoms with Crippen LogP contribution in [0.15, 0.2) is 24.3 Å². The van der Waals surface area contributed by atoms with E-state index in [0.29, 0.717) is 18.9 Å². The lowest BCUT2D eigenvalue weighted by Crippen LogP contribution is -2.31. The smallest absolute Gasteiger partial charge is 0.224 e. The van der Waals surface area contributed by atoms with Gasteiger partial charge in [-0.2, -0.15) is 0 Å². The van der Waals surface area contributed by atoms with E-state index < -0.39 is 0 Å². The summed E-state index contributed by atoms with van der Waals surface area (Å²) in [5.41, 5.74) is 4.04. The third-order valence-electron chi connectivity index (χ3n) is 4.65. The number of nitrogens with zero attached hydrogens (tertiary/aromatic N) is 1. The van der Waals surface area contributed by atoms with E-state index in [0.717, 1.165) is 47.0 Å². The Bertz CT molecular complexity index is 691. The van der Waals surface area contributed by atoms with Gasteiger partial charge in [-0.3, -0.25) is 9.78 Å². The van der Waals surface area contributed by atoms with Crippen LogP contribution >= 0.6 is 0 Å². The maximum atomic E-state index is 12.4. The third kappa shape index (κ3) is 4.54. The van der Waals surface area contributed by atoms with Crippen molar-refractivity contribution in [3.05, 3.63) is 41.1 Å². The minimum Gasteiger partial charge on any atom is -0.396 e. The quantitative estimate of drug-likeness (QED) is 0.781. The normalized spacial score (nSPS) is 12.3. The first kappa shape index (κ1) is 18.4. The van der Waals surface area contributed by atoms with Gasteiger partial charge in [0.15, 0.2) is 0 Å². The maximum Gasteiger partial charge on any atom is 0.224 e. The summed E-state index contributed by atoms with van der Waals surface area (Å²) in [6.07, 6.45) is 3.18. The number of benzene rings is 1. The molecule has 4 heteroatoms. The van der Waals surface area contributed by atoms with Gasteiger partial charge in [-0.1, -0.05) is 31.5 Å². The average Bonchev–Trinajstić information content (AvgIpc) is 2.57. The minimum absolute atomic E-state index is 0.0253. The molecule has 0 aliphatic rings. The molecule has 0 aliphatic heterocycles. The van der Waals surface area contributed by atoms with Crippen LogP contribution in [0.25, 0.3) is 10.9 Å². The number of aryl methyl sites for hydroxylation is 2. The molecule has 1 aromatic heterocycles. The number of carbonyl (C=O) groups excluding carboxylic acids is 1. The zero-order chi connectivity index (χ0) is 17.5. The molecule has 0 aliphatic carbocycles. The molecule has 0 bridgehead atoms. The van der Waals surface area contributed by atoms with Crippen molar-refractivity contribution >= 4 is 16.8 Å². The van der Waals surface area contributed by atoms with E-state index in [1.54, 1.807) is 0 Å². The highest BCUT2D eigenvalue weighted by molar-refractivity contribution is 5.86. The van der Waals surface area contributed by atoms with Crippen molar-refractivity contribution in [2.75, 3.05) is 13.2 Å². The maximum absolute atomic E-state index is 12.4. The van der Waals surface area contributed by atoms with Crippen LogP contribution in [0, 0.1) is 19.8 Å². The molecule has 0 radical (unpaired) electrons. The Kier molecular flexibility index (Phi) is 6.73. The summed E-state index contributed by atoms with van der Waals surface area (Å²) >= 11 is 0. The van der Waals surface area contributed by atoms with Gasteiger partial charge in [0.05, 0.1) is 11.9 Å². The minimum atomic E-state index is 0.0253. The Balaban J connectivity index is 2.07. The lowest BCUT2D eigenvalue weighted by Gasteiger charge is -2.17. The topological polar surface area (TPSA) is 62.2 Å². The number of aliphatic hydroxyl groups excluding tert-OH is 1. The zero-order valence-corrected chi connectivity index (χ0v) is 14.9. The largest absolute Gasteiger partial charge is 0.396 e. The Morgan fingerprint density at radius 3 is 2.71 bits per heavy atom. The molecule has 1 atom stereocenters. The van der Waals surface area contributed by atoms with Crippen molar-refractivity contribution in [1.29, 1.82) is 0 Å². The highest BCUT2D eigenvalue weighted by atomic mass is 16.3. The van der Waals surface area contributed by atoms with E-state index in [2.05, 4.69) is 30.2 Å². The number of carbonyl (C=O) groups is 1. The second-order valence-electron chi connectivity index (χ2n) is 6.47. The van der Waals surface area contributed by atoms with Gasteiger partial charge in [0.1, 0.15) is 0 Å². The van der Waals surface area contributed by atoms with E-state index >= 15 is 0 Å². The summed E-state index contributed by atoms with van der Waals surface area (Å²) < 4.78 is 0. The van der Waals surface area contributed by atoms with Gasteiger partial charge in [0.2, 0.25) is 5.91 Å². The molecule has 0 saturated carbocycles. The summed E-state index contributed by atoms with van der Waals surface area (Å²) in [6.45, 7) is 6.96. The fourth-order valence-corrected chi connectivity index (χ4v) is 3.25. The van der Waals surface area contributed by atoms with Crippen molar-refractivity contribution in [1.82, 2.24) is 10.3 Å². The highest BCUT2D eigenvalue weighted by Crippen LogP contribution is 2.22. The first-order valence-electron chi connectivity index (χ1n) is 8.79. The number of fused-ring (bicyclic) bond motifs is 1. The standard InChI is InChI=1S/C20H28N2O2/c1-4-7-16(10-11-23)13-21-20(24)12-18-14(2)17-8-5-6-9-19(17)22-15(18)3/h5-6,8-9,16,23H,4,7,10-13H2,1-3H3,(H,21,24). The highest BCUT2D eigenvalue weighted by Gasteiger charge is 2.14. The molecule has 0 fully saturated rings. The van der Waals surface area contributed by atoms with Crippen molar-refractivity contribution in [3.63, 3.8) is 0 Å². The fourth-order valence-electron chi connectivity index (χ4n) is 3.25. The van der Waals surface area contributed by atoms with Crippen LogP contribution in [0.1, 0.15) is 43.0 Å². The Labute approximate surface area is 144 Å². The van der Waals surface area contributed by atoms with Crippen molar-refractivity contribution in [2.24, 2.45) is 5.92 Å². The molecule has 2 aromatic rings. The predicted molar refractivity (Wildman–Crippen MR) is 98.0 cm³/mol. The van der Waals surface area contributed by atoms with Crippen LogP contribution in [-0.2, 0) is 11.2 Å². The fraction of sp³-hybridized carbons (Fsp3) is 0.500. The summed E-state index contributed by atoms with van der Waals surface area (Å²) in [5.74, 6) is 0.373. The van der Waals surface area contributed by atoms with E-state index in [9.17, 15) is 4.79 Å². The van der Waals surface area contributed by atoms with Gasteiger partial charge in [-0.05, 0) is 49.8 Å². The molecule has 130 valence electrons. The van der Waals surface area contributed by atoms with Crippen LogP contribution in [0.5, 0.6) is 0 Å².